The molecule has 2 fully saturated rings. The van der Waals surface area contributed by atoms with Crippen molar-refractivity contribution >= 4 is 17.5 Å². The van der Waals surface area contributed by atoms with Crippen LogP contribution in [0.25, 0.3) is 0 Å². The number of ether oxygens (including phenoxy) is 1. The third-order valence-electron chi connectivity index (χ3n) is 4.44. The molecule has 20 heavy (non-hydrogen) atoms. The van der Waals surface area contributed by atoms with Crippen molar-refractivity contribution in [1.29, 1.82) is 0 Å². The number of amides is 1. The smallest absolute Gasteiger partial charge is 0.409 e. The summed E-state index contributed by atoms with van der Waals surface area (Å²) in [4.78, 5) is 13.7. The zero-order chi connectivity index (χ0) is 14.1. The number of anilines is 2. The van der Waals surface area contributed by atoms with Gasteiger partial charge >= 0.3 is 6.09 Å². The molecule has 0 radical (unpaired) electrons. The molecule has 0 unspecified atom stereocenters. The van der Waals surface area contributed by atoms with Crippen LogP contribution in [-0.4, -0.2) is 36.2 Å². The van der Waals surface area contributed by atoms with Gasteiger partial charge in [0.2, 0.25) is 0 Å². The van der Waals surface area contributed by atoms with E-state index >= 15 is 0 Å². The van der Waals surface area contributed by atoms with Crippen LogP contribution in [0.3, 0.4) is 0 Å². The number of carbonyl (C=O) groups excluding carboxylic acids is 1. The van der Waals surface area contributed by atoms with Crippen LogP contribution in [-0.2, 0) is 4.74 Å². The Balaban J connectivity index is 1.69. The summed E-state index contributed by atoms with van der Waals surface area (Å²) in [5, 5.41) is 3.52. The Morgan fingerprint density at radius 1 is 1.30 bits per heavy atom. The first-order valence-electron chi connectivity index (χ1n) is 7.16. The molecular weight excluding hydrogens is 254 g/mol. The average Bonchev–Trinajstić information content (AvgIpc) is 2.72. The Kier molecular flexibility index (Phi) is 3.42. The number of methoxy groups -OCH3 is 1. The Bertz CT molecular complexity index is 492. The van der Waals surface area contributed by atoms with Gasteiger partial charge in [-0.15, -0.1) is 0 Å². The van der Waals surface area contributed by atoms with Crippen LogP contribution in [0.15, 0.2) is 24.3 Å². The molecule has 0 spiro atoms. The summed E-state index contributed by atoms with van der Waals surface area (Å²) in [5.74, 6) is 0. The number of hydrogen-bond acceptors (Lipinski definition) is 4. The Morgan fingerprint density at radius 3 is 2.55 bits per heavy atom. The normalized spacial score (nSPS) is 28.2. The number of nitrogens with zero attached hydrogens (tertiary/aromatic N) is 1. The fraction of sp³-hybridized carbons (Fsp3) is 0.533. The first kappa shape index (κ1) is 13.1. The van der Waals surface area contributed by atoms with Crippen molar-refractivity contribution in [3.63, 3.8) is 0 Å². The maximum Gasteiger partial charge on any atom is 0.409 e. The molecule has 2 bridgehead atoms. The molecule has 2 aliphatic rings. The number of nitrogens with one attached hydrogen (secondary N) is 1. The van der Waals surface area contributed by atoms with Gasteiger partial charge in [-0.1, -0.05) is 12.1 Å². The number of para-hydroxylation sites is 2. The molecule has 3 atom stereocenters. The lowest BCUT2D eigenvalue weighted by atomic mass is 9.97. The van der Waals surface area contributed by atoms with Crippen LogP contribution in [0.4, 0.5) is 16.2 Å². The first-order chi connectivity index (χ1) is 9.69. The predicted molar refractivity (Wildman–Crippen MR) is 78.6 cm³/mol. The van der Waals surface area contributed by atoms with Gasteiger partial charge in [-0.05, 0) is 37.8 Å². The fourth-order valence-corrected chi connectivity index (χ4v) is 3.55. The molecule has 5 nitrogen and oxygen atoms in total. The molecule has 1 aromatic rings. The van der Waals surface area contributed by atoms with E-state index in [0.29, 0.717) is 18.1 Å². The number of fused-ring (bicyclic) bond motifs is 2. The Labute approximate surface area is 119 Å². The van der Waals surface area contributed by atoms with Gasteiger partial charge in [0.05, 0.1) is 18.5 Å². The number of nitrogen functional groups attached to an aromatic ring is 1. The van der Waals surface area contributed by atoms with Crippen molar-refractivity contribution < 1.29 is 9.53 Å². The molecule has 0 aliphatic carbocycles. The highest BCUT2D eigenvalue weighted by Crippen LogP contribution is 2.37. The lowest BCUT2D eigenvalue weighted by Gasteiger charge is -2.38. The van der Waals surface area contributed by atoms with E-state index in [1.807, 2.05) is 29.2 Å². The minimum absolute atomic E-state index is 0.185. The first-order valence-corrected chi connectivity index (χ1v) is 7.16. The summed E-state index contributed by atoms with van der Waals surface area (Å²) in [7, 11) is 1.46. The van der Waals surface area contributed by atoms with E-state index in [1.54, 1.807) is 0 Å². The van der Waals surface area contributed by atoms with Crippen LogP contribution < -0.4 is 11.1 Å². The van der Waals surface area contributed by atoms with Crippen LogP contribution in [0, 0.1) is 0 Å². The van der Waals surface area contributed by atoms with E-state index in [1.165, 1.54) is 7.11 Å². The van der Waals surface area contributed by atoms with Crippen molar-refractivity contribution in [1.82, 2.24) is 4.90 Å². The lowest BCUT2D eigenvalue weighted by molar-refractivity contribution is 0.0833. The predicted octanol–water partition coefficient (Wildman–Crippen LogP) is 2.44. The van der Waals surface area contributed by atoms with E-state index in [0.717, 1.165) is 37.1 Å². The number of hydrogen-bond donors (Lipinski definition) is 2. The Hall–Kier alpha value is -1.91. The van der Waals surface area contributed by atoms with Crippen LogP contribution >= 0.6 is 0 Å². The highest BCUT2D eigenvalue weighted by Gasteiger charge is 2.43. The van der Waals surface area contributed by atoms with Gasteiger partial charge < -0.3 is 20.7 Å². The van der Waals surface area contributed by atoms with Crippen LogP contribution in [0.5, 0.6) is 0 Å². The zero-order valence-electron chi connectivity index (χ0n) is 11.7. The summed E-state index contributed by atoms with van der Waals surface area (Å²) < 4.78 is 4.89. The van der Waals surface area contributed by atoms with Crippen molar-refractivity contribution in [2.45, 2.75) is 43.8 Å². The summed E-state index contributed by atoms with van der Waals surface area (Å²) in [6.07, 6.45) is 3.87. The molecule has 0 aromatic heterocycles. The molecule has 2 aliphatic heterocycles. The van der Waals surface area contributed by atoms with E-state index in [2.05, 4.69) is 5.32 Å². The van der Waals surface area contributed by atoms with Gasteiger partial charge in [-0.25, -0.2) is 4.79 Å². The molecule has 108 valence electrons. The van der Waals surface area contributed by atoms with Gasteiger partial charge in [0.1, 0.15) is 0 Å². The zero-order valence-corrected chi connectivity index (χ0v) is 11.7. The van der Waals surface area contributed by atoms with Crippen molar-refractivity contribution in [3.05, 3.63) is 24.3 Å². The van der Waals surface area contributed by atoms with Crippen LogP contribution in [0.2, 0.25) is 0 Å². The number of carbonyl (C=O) groups is 1. The second-order valence-corrected chi connectivity index (χ2v) is 5.66. The monoisotopic (exact) mass is 275 g/mol. The molecule has 1 aromatic carbocycles. The summed E-state index contributed by atoms with van der Waals surface area (Å²) >= 11 is 0. The molecule has 5 heteroatoms. The van der Waals surface area contributed by atoms with Gasteiger partial charge in [0.25, 0.3) is 0 Å². The minimum atomic E-state index is -0.185. The highest BCUT2D eigenvalue weighted by atomic mass is 16.5. The van der Waals surface area contributed by atoms with Gasteiger partial charge in [-0.2, -0.15) is 0 Å². The third kappa shape index (κ3) is 2.28. The molecule has 0 saturated carbocycles. The van der Waals surface area contributed by atoms with Crippen molar-refractivity contribution in [3.8, 4) is 0 Å². The molecule has 2 saturated heterocycles. The summed E-state index contributed by atoms with van der Waals surface area (Å²) in [5.41, 5.74) is 7.74. The minimum Gasteiger partial charge on any atom is -0.453 e. The fourth-order valence-electron chi connectivity index (χ4n) is 3.55. The molecule has 2 heterocycles. The number of rotatable bonds is 2. The molecule has 3 rings (SSSR count). The van der Waals surface area contributed by atoms with Crippen LogP contribution in [0.1, 0.15) is 25.7 Å². The molecule has 3 N–H and O–H groups in total. The van der Waals surface area contributed by atoms with Gasteiger partial charge in [0, 0.05) is 18.1 Å². The van der Waals surface area contributed by atoms with Gasteiger partial charge in [0.15, 0.2) is 0 Å². The van der Waals surface area contributed by atoms with Crippen molar-refractivity contribution in [2.75, 3.05) is 18.2 Å². The van der Waals surface area contributed by atoms with Crippen molar-refractivity contribution in [2.24, 2.45) is 0 Å². The number of piperidine rings is 1. The molecule has 1 amide bonds. The highest BCUT2D eigenvalue weighted by molar-refractivity contribution is 5.69. The Morgan fingerprint density at radius 2 is 1.95 bits per heavy atom. The topological polar surface area (TPSA) is 67.6 Å². The largest absolute Gasteiger partial charge is 0.453 e. The lowest BCUT2D eigenvalue weighted by Crippen LogP contribution is -2.49. The average molecular weight is 275 g/mol. The SMILES string of the molecule is COC(=O)N1[C@@H]2CC[C@H]1C[C@@H](Nc1ccccc1N)C2. The molecular formula is C15H21N3O2. The quantitative estimate of drug-likeness (QED) is 0.813. The van der Waals surface area contributed by atoms with Gasteiger partial charge in [-0.3, -0.25) is 0 Å². The maximum absolute atomic E-state index is 11.8. The van der Waals surface area contributed by atoms with E-state index in [4.69, 9.17) is 10.5 Å². The second kappa shape index (κ2) is 5.23. The number of nitrogens with two attached hydrogens (primary N) is 1. The third-order valence-corrected chi connectivity index (χ3v) is 4.44. The van der Waals surface area contributed by atoms with E-state index in [9.17, 15) is 4.79 Å². The maximum atomic E-state index is 11.8. The summed E-state index contributed by atoms with van der Waals surface area (Å²) in [6, 6.07) is 8.79. The number of benzene rings is 1. The van der Waals surface area contributed by atoms with E-state index in [-0.39, 0.29) is 6.09 Å². The summed E-state index contributed by atoms with van der Waals surface area (Å²) in [6.45, 7) is 0. The standard InChI is InChI=1S/C15H21N3O2/c1-20-15(19)18-11-6-7-12(18)9-10(8-11)17-14-5-3-2-4-13(14)16/h2-5,10-12,17H,6-9,16H2,1H3/t10-,11+,12-. The van der Waals surface area contributed by atoms with E-state index < -0.39 is 0 Å². The second-order valence-electron chi connectivity index (χ2n) is 5.66.